The lowest BCUT2D eigenvalue weighted by Gasteiger charge is -2.29. The molecule has 3 aromatic rings. The molecule has 2 aromatic carbocycles. The van der Waals surface area contributed by atoms with E-state index < -0.39 is 5.79 Å². The third kappa shape index (κ3) is 4.37. The zero-order valence-electron chi connectivity index (χ0n) is 17.0. The molecule has 30 heavy (non-hydrogen) atoms. The molecule has 1 aliphatic heterocycles. The standard InChI is InChI=1S/C23H24N2O5/c1-17-3-7-19(8-4-17)23(15-25-12-11-24-16-25)29-14-21(30-23)13-28-20-9-5-18(6-10-20)22(26)27-2/h3-12,16,21H,13-15H2,1-2H3. The number of methoxy groups -OCH3 is 1. The van der Waals surface area contributed by atoms with E-state index in [9.17, 15) is 4.79 Å². The Bertz CT molecular complexity index is 970. The van der Waals surface area contributed by atoms with Crippen LogP contribution in [0.4, 0.5) is 0 Å². The molecular formula is C23H24N2O5. The summed E-state index contributed by atoms with van der Waals surface area (Å²) < 4.78 is 25.1. The number of aryl methyl sites for hydroxylation is 1. The fraction of sp³-hybridized carbons (Fsp3) is 0.304. The van der Waals surface area contributed by atoms with E-state index in [0.717, 1.165) is 5.56 Å². The Morgan fingerprint density at radius 1 is 1.20 bits per heavy atom. The fourth-order valence-electron chi connectivity index (χ4n) is 3.39. The maximum absolute atomic E-state index is 11.5. The van der Waals surface area contributed by atoms with Crippen molar-refractivity contribution in [3.8, 4) is 5.75 Å². The zero-order chi connectivity index (χ0) is 21.0. The number of imidazole rings is 1. The van der Waals surface area contributed by atoms with Gasteiger partial charge in [-0.15, -0.1) is 0 Å². The van der Waals surface area contributed by atoms with Gasteiger partial charge in [-0.25, -0.2) is 9.78 Å². The van der Waals surface area contributed by atoms with Gasteiger partial charge >= 0.3 is 5.97 Å². The van der Waals surface area contributed by atoms with Gasteiger partial charge in [0.2, 0.25) is 5.79 Å². The first-order valence-corrected chi connectivity index (χ1v) is 9.74. The fourth-order valence-corrected chi connectivity index (χ4v) is 3.39. The van der Waals surface area contributed by atoms with Crippen molar-refractivity contribution in [1.82, 2.24) is 9.55 Å². The molecule has 4 rings (SSSR count). The van der Waals surface area contributed by atoms with Crippen molar-refractivity contribution in [1.29, 1.82) is 0 Å². The topological polar surface area (TPSA) is 71.8 Å². The van der Waals surface area contributed by atoms with Gasteiger partial charge in [0.05, 0.1) is 32.2 Å². The average molecular weight is 408 g/mol. The number of aromatic nitrogens is 2. The lowest BCUT2D eigenvalue weighted by atomic mass is 10.0. The number of carbonyl (C=O) groups excluding carboxylic acids is 1. The van der Waals surface area contributed by atoms with E-state index >= 15 is 0 Å². The highest BCUT2D eigenvalue weighted by Crippen LogP contribution is 2.36. The van der Waals surface area contributed by atoms with E-state index in [-0.39, 0.29) is 12.1 Å². The van der Waals surface area contributed by atoms with Gasteiger partial charge in [-0.1, -0.05) is 29.8 Å². The molecule has 2 unspecified atom stereocenters. The lowest BCUT2D eigenvalue weighted by molar-refractivity contribution is -0.189. The van der Waals surface area contributed by atoms with E-state index in [1.165, 1.54) is 12.7 Å². The summed E-state index contributed by atoms with van der Waals surface area (Å²) in [5, 5.41) is 0. The summed E-state index contributed by atoms with van der Waals surface area (Å²) in [6.07, 6.45) is 5.12. The van der Waals surface area contributed by atoms with Crippen molar-refractivity contribution in [2.45, 2.75) is 25.4 Å². The first-order valence-electron chi connectivity index (χ1n) is 9.74. The molecule has 0 aliphatic carbocycles. The predicted octanol–water partition coefficient (Wildman–Crippen LogP) is 3.33. The Kier molecular flexibility index (Phi) is 5.83. The van der Waals surface area contributed by atoms with Crippen LogP contribution in [0.1, 0.15) is 21.5 Å². The number of rotatable bonds is 7. The van der Waals surface area contributed by atoms with Gasteiger partial charge in [-0.05, 0) is 31.2 Å². The highest BCUT2D eigenvalue weighted by Gasteiger charge is 2.44. The van der Waals surface area contributed by atoms with Crippen molar-refractivity contribution in [2.24, 2.45) is 0 Å². The smallest absolute Gasteiger partial charge is 0.337 e. The number of benzene rings is 2. The summed E-state index contributed by atoms with van der Waals surface area (Å²) in [4.78, 5) is 15.7. The predicted molar refractivity (Wildman–Crippen MR) is 109 cm³/mol. The van der Waals surface area contributed by atoms with Crippen LogP contribution in [0.2, 0.25) is 0 Å². The average Bonchev–Trinajstić information content (AvgIpc) is 3.43. The Hall–Kier alpha value is -3.16. The van der Waals surface area contributed by atoms with Crippen LogP contribution in [-0.2, 0) is 26.5 Å². The number of hydrogen-bond donors (Lipinski definition) is 0. The Morgan fingerprint density at radius 2 is 1.97 bits per heavy atom. The number of carbonyl (C=O) groups is 1. The molecule has 7 nitrogen and oxygen atoms in total. The van der Waals surface area contributed by atoms with E-state index in [1.54, 1.807) is 36.8 Å². The molecule has 0 bridgehead atoms. The van der Waals surface area contributed by atoms with E-state index in [2.05, 4.69) is 4.98 Å². The quantitative estimate of drug-likeness (QED) is 0.559. The van der Waals surface area contributed by atoms with Crippen LogP contribution in [0.5, 0.6) is 5.75 Å². The van der Waals surface area contributed by atoms with Crippen LogP contribution in [0.15, 0.2) is 67.3 Å². The third-order valence-corrected chi connectivity index (χ3v) is 5.01. The zero-order valence-corrected chi connectivity index (χ0v) is 17.0. The minimum Gasteiger partial charge on any atom is -0.491 e. The third-order valence-electron chi connectivity index (χ3n) is 5.01. The molecule has 7 heteroatoms. The second-order valence-electron chi connectivity index (χ2n) is 7.23. The summed E-state index contributed by atoms with van der Waals surface area (Å²) in [7, 11) is 1.36. The van der Waals surface area contributed by atoms with Crippen LogP contribution in [0.3, 0.4) is 0 Å². The highest BCUT2D eigenvalue weighted by atomic mass is 16.8. The normalized spacial score (nSPS) is 20.8. The largest absolute Gasteiger partial charge is 0.491 e. The Labute approximate surface area is 175 Å². The van der Waals surface area contributed by atoms with E-state index in [1.807, 2.05) is 42.0 Å². The number of ether oxygens (including phenoxy) is 4. The molecular weight excluding hydrogens is 384 g/mol. The van der Waals surface area contributed by atoms with Gasteiger partial charge in [-0.2, -0.15) is 0 Å². The molecule has 1 saturated heterocycles. The molecule has 1 aromatic heterocycles. The molecule has 0 radical (unpaired) electrons. The number of nitrogens with zero attached hydrogens (tertiary/aromatic N) is 2. The van der Waals surface area contributed by atoms with Gasteiger partial charge in [0.1, 0.15) is 18.5 Å². The SMILES string of the molecule is COC(=O)c1ccc(OCC2COC(Cn3ccnc3)(c3ccc(C)cc3)O2)cc1. The van der Waals surface area contributed by atoms with Crippen molar-refractivity contribution >= 4 is 5.97 Å². The van der Waals surface area contributed by atoms with Gasteiger partial charge < -0.3 is 23.5 Å². The molecule has 0 amide bonds. The van der Waals surface area contributed by atoms with Gasteiger partial charge in [0, 0.05) is 18.0 Å². The van der Waals surface area contributed by atoms with Gasteiger partial charge in [-0.3, -0.25) is 0 Å². The molecule has 0 N–H and O–H groups in total. The molecule has 156 valence electrons. The van der Waals surface area contributed by atoms with Crippen molar-refractivity contribution < 1.29 is 23.7 Å². The van der Waals surface area contributed by atoms with Crippen molar-refractivity contribution in [3.63, 3.8) is 0 Å². The minimum atomic E-state index is -0.906. The lowest BCUT2D eigenvalue weighted by Crippen LogP contribution is -2.34. The number of hydrogen-bond acceptors (Lipinski definition) is 6. The summed E-state index contributed by atoms with van der Waals surface area (Å²) in [5.74, 6) is -0.637. The van der Waals surface area contributed by atoms with Gasteiger partial charge in [0.15, 0.2) is 0 Å². The monoisotopic (exact) mass is 408 g/mol. The van der Waals surface area contributed by atoms with Crippen LogP contribution in [0, 0.1) is 6.92 Å². The minimum absolute atomic E-state index is 0.241. The Morgan fingerprint density at radius 3 is 2.63 bits per heavy atom. The first kappa shape index (κ1) is 20.1. The maximum atomic E-state index is 11.5. The maximum Gasteiger partial charge on any atom is 0.337 e. The van der Waals surface area contributed by atoms with E-state index in [0.29, 0.717) is 31.1 Å². The molecule has 0 saturated carbocycles. The van der Waals surface area contributed by atoms with E-state index in [4.69, 9.17) is 18.9 Å². The van der Waals surface area contributed by atoms with Crippen molar-refractivity contribution in [3.05, 3.63) is 83.9 Å². The summed E-state index contributed by atoms with van der Waals surface area (Å²) in [6.45, 7) is 3.27. The molecule has 0 spiro atoms. The Balaban J connectivity index is 1.45. The van der Waals surface area contributed by atoms with Crippen LogP contribution in [0.25, 0.3) is 0 Å². The summed E-state index contributed by atoms with van der Waals surface area (Å²) in [6, 6.07) is 15.0. The highest BCUT2D eigenvalue weighted by molar-refractivity contribution is 5.89. The molecule has 2 atom stereocenters. The second-order valence-corrected chi connectivity index (χ2v) is 7.23. The summed E-state index contributed by atoms with van der Waals surface area (Å²) in [5.41, 5.74) is 2.60. The molecule has 1 fully saturated rings. The second kappa shape index (κ2) is 8.69. The van der Waals surface area contributed by atoms with Gasteiger partial charge in [0.25, 0.3) is 0 Å². The van der Waals surface area contributed by atoms with Crippen LogP contribution < -0.4 is 4.74 Å². The number of esters is 1. The molecule has 2 heterocycles. The van der Waals surface area contributed by atoms with Crippen LogP contribution in [-0.4, -0.2) is 41.9 Å². The van der Waals surface area contributed by atoms with Crippen molar-refractivity contribution in [2.75, 3.05) is 20.3 Å². The molecule has 1 aliphatic rings. The van der Waals surface area contributed by atoms with Crippen LogP contribution >= 0.6 is 0 Å². The summed E-state index contributed by atoms with van der Waals surface area (Å²) >= 11 is 0. The first-order chi connectivity index (χ1) is 14.6.